The Bertz CT molecular complexity index is 513. The molecule has 1 aromatic heterocycles. The molecule has 2 aromatic rings. The summed E-state index contributed by atoms with van der Waals surface area (Å²) in [7, 11) is 2.20. The average Bonchev–Trinajstić information content (AvgIpc) is 2.98. The number of hydrogen-bond donors (Lipinski definition) is 2. The highest BCUT2D eigenvalue weighted by molar-refractivity contribution is 5.74. The van der Waals surface area contributed by atoms with Gasteiger partial charge in [-0.15, -0.1) is 0 Å². The molecule has 96 valence electrons. The van der Waals surface area contributed by atoms with Gasteiger partial charge in [0.1, 0.15) is 0 Å². The van der Waals surface area contributed by atoms with E-state index in [1.165, 1.54) is 31.6 Å². The van der Waals surface area contributed by atoms with Crippen LogP contribution in [0, 0.1) is 5.92 Å². The molecule has 0 aliphatic carbocycles. The van der Waals surface area contributed by atoms with E-state index in [0.29, 0.717) is 0 Å². The maximum atomic E-state index is 4.24. The molecule has 0 spiro atoms. The maximum Gasteiger partial charge on any atom is 0.0931 e. The molecule has 2 heterocycles. The number of imidazole rings is 1. The third-order valence-electron chi connectivity index (χ3n) is 3.67. The second-order valence-electron chi connectivity index (χ2n) is 5.31. The average molecular weight is 244 g/mol. The molecule has 18 heavy (non-hydrogen) atoms. The molecule has 1 aliphatic rings. The summed E-state index contributed by atoms with van der Waals surface area (Å²) in [5.41, 5.74) is 3.52. The van der Waals surface area contributed by atoms with E-state index in [2.05, 4.69) is 45.4 Å². The van der Waals surface area contributed by atoms with Crippen LogP contribution < -0.4 is 5.32 Å². The summed E-state index contributed by atoms with van der Waals surface area (Å²) < 4.78 is 0. The minimum Gasteiger partial charge on any atom is -0.345 e. The highest BCUT2D eigenvalue weighted by Crippen LogP contribution is 2.15. The molecule has 3 rings (SSSR count). The van der Waals surface area contributed by atoms with Crippen molar-refractivity contribution in [1.82, 2.24) is 20.2 Å². The SMILES string of the molecule is CN(Cc1ccc2nc[nH]c2c1)CC1CCNC1. The molecule has 4 nitrogen and oxygen atoms in total. The Balaban J connectivity index is 1.63. The van der Waals surface area contributed by atoms with Crippen molar-refractivity contribution >= 4 is 11.0 Å². The van der Waals surface area contributed by atoms with Crippen LogP contribution in [0.25, 0.3) is 11.0 Å². The fraction of sp³-hybridized carbons (Fsp3) is 0.500. The predicted octanol–water partition coefficient (Wildman–Crippen LogP) is 1.60. The molecule has 2 N–H and O–H groups in total. The summed E-state index contributed by atoms with van der Waals surface area (Å²) in [6, 6.07) is 6.46. The van der Waals surface area contributed by atoms with Crippen LogP contribution in [0.15, 0.2) is 24.5 Å². The number of aromatic amines is 1. The maximum absolute atomic E-state index is 4.24. The smallest absolute Gasteiger partial charge is 0.0931 e. The lowest BCUT2D eigenvalue weighted by Crippen LogP contribution is -2.26. The van der Waals surface area contributed by atoms with E-state index in [1.54, 1.807) is 6.33 Å². The molecule has 0 radical (unpaired) electrons. The summed E-state index contributed by atoms with van der Waals surface area (Å²) >= 11 is 0. The van der Waals surface area contributed by atoms with Gasteiger partial charge in [0.25, 0.3) is 0 Å². The van der Waals surface area contributed by atoms with Crippen molar-refractivity contribution in [3.63, 3.8) is 0 Å². The van der Waals surface area contributed by atoms with Crippen LogP contribution in [0.5, 0.6) is 0 Å². The van der Waals surface area contributed by atoms with Gasteiger partial charge < -0.3 is 15.2 Å². The van der Waals surface area contributed by atoms with Crippen molar-refractivity contribution in [1.29, 1.82) is 0 Å². The number of H-pyrrole nitrogens is 1. The minimum atomic E-state index is 0.811. The molecule has 0 bridgehead atoms. The number of benzene rings is 1. The first-order valence-corrected chi connectivity index (χ1v) is 6.62. The lowest BCUT2D eigenvalue weighted by molar-refractivity contribution is 0.278. The van der Waals surface area contributed by atoms with Crippen LogP contribution >= 0.6 is 0 Å². The van der Waals surface area contributed by atoms with Crippen molar-refractivity contribution in [3.8, 4) is 0 Å². The van der Waals surface area contributed by atoms with Crippen molar-refractivity contribution < 1.29 is 0 Å². The topological polar surface area (TPSA) is 44.0 Å². The van der Waals surface area contributed by atoms with E-state index >= 15 is 0 Å². The number of fused-ring (bicyclic) bond motifs is 1. The van der Waals surface area contributed by atoms with Gasteiger partial charge in [-0.25, -0.2) is 4.98 Å². The van der Waals surface area contributed by atoms with E-state index < -0.39 is 0 Å². The molecular formula is C14H20N4. The van der Waals surface area contributed by atoms with Gasteiger partial charge in [0.05, 0.1) is 17.4 Å². The van der Waals surface area contributed by atoms with Crippen LogP contribution in [-0.4, -0.2) is 41.5 Å². The molecule has 1 aliphatic heterocycles. The van der Waals surface area contributed by atoms with Crippen LogP contribution in [0.4, 0.5) is 0 Å². The van der Waals surface area contributed by atoms with Gasteiger partial charge in [-0.2, -0.15) is 0 Å². The van der Waals surface area contributed by atoms with E-state index in [0.717, 1.165) is 23.5 Å². The van der Waals surface area contributed by atoms with E-state index in [4.69, 9.17) is 0 Å². The van der Waals surface area contributed by atoms with E-state index in [1.807, 2.05) is 0 Å². The molecule has 1 saturated heterocycles. The standard InChI is InChI=1S/C14H20N4/c1-18(9-12-4-5-15-7-12)8-11-2-3-13-14(6-11)17-10-16-13/h2-3,6,10,12,15H,4-5,7-9H2,1H3,(H,16,17). The summed E-state index contributed by atoms with van der Waals surface area (Å²) in [5, 5.41) is 3.42. The van der Waals surface area contributed by atoms with Crippen LogP contribution in [0.3, 0.4) is 0 Å². The second kappa shape index (κ2) is 5.08. The zero-order chi connectivity index (χ0) is 12.4. The van der Waals surface area contributed by atoms with Gasteiger partial charge >= 0.3 is 0 Å². The third-order valence-corrected chi connectivity index (χ3v) is 3.67. The van der Waals surface area contributed by atoms with Gasteiger partial charge in [0.2, 0.25) is 0 Å². The number of hydrogen-bond acceptors (Lipinski definition) is 3. The Morgan fingerprint density at radius 1 is 1.44 bits per heavy atom. The summed E-state index contributed by atoms with van der Waals surface area (Å²) in [6.07, 6.45) is 3.06. The Morgan fingerprint density at radius 2 is 2.39 bits per heavy atom. The normalized spacial score (nSPS) is 20.0. The monoisotopic (exact) mass is 244 g/mol. The largest absolute Gasteiger partial charge is 0.345 e. The second-order valence-corrected chi connectivity index (χ2v) is 5.31. The summed E-state index contributed by atoms with van der Waals surface area (Å²) in [4.78, 5) is 9.82. The lowest BCUT2D eigenvalue weighted by Gasteiger charge is -2.20. The molecular weight excluding hydrogens is 224 g/mol. The van der Waals surface area contributed by atoms with Crippen molar-refractivity contribution in [2.24, 2.45) is 5.92 Å². The zero-order valence-electron chi connectivity index (χ0n) is 10.8. The quantitative estimate of drug-likeness (QED) is 0.858. The first-order chi connectivity index (χ1) is 8.81. The van der Waals surface area contributed by atoms with Crippen molar-refractivity contribution in [2.75, 3.05) is 26.7 Å². The molecule has 0 saturated carbocycles. The Hall–Kier alpha value is -1.39. The molecule has 1 fully saturated rings. The van der Waals surface area contributed by atoms with Gasteiger partial charge in [0, 0.05) is 13.1 Å². The molecule has 1 unspecified atom stereocenters. The fourth-order valence-corrected chi connectivity index (χ4v) is 2.77. The molecule has 0 amide bonds. The van der Waals surface area contributed by atoms with Gasteiger partial charge in [-0.1, -0.05) is 6.07 Å². The Labute approximate surface area is 107 Å². The fourth-order valence-electron chi connectivity index (χ4n) is 2.77. The Kier molecular flexibility index (Phi) is 3.30. The van der Waals surface area contributed by atoms with Crippen LogP contribution in [0.1, 0.15) is 12.0 Å². The van der Waals surface area contributed by atoms with Gasteiger partial charge in [-0.3, -0.25) is 0 Å². The van der Waals surface area contributed by atoms with E-state index in [9.17, 15) is 0 Å². The first kappa shape index (κ1) is 11.7. The zero-order valence-corrected chi connectivity index (χ0v) is 10.8. The summed E-state index contributed by atoms with van der Waals surface area (Å²) in [6.45, 7) is 4.53. The lowest BCUT2D eigenvalue weighted by atomic mass is 10.1. The molecule has 1 atom stereocenters. The Morgan fingerprint density at radius 3 is 3.22 bits per heavy atom. The highest BCUT2D eigenvalue weighted by Gasteiger charge is 2.16. The van der Waals surface area contributed by atoms with Gasteiger partial charge in [-0.05, 0) is 50.2 Å². The number of aromatic nitrogens is 2. The summed E-state index contributed by atoms with van der Waals surface area (Å²) in [5.74, 6) is 0.811. The van der Waals surface area contributed by atoms with Crippen LogP contribution in [0.2, 0.25) is 0 Å². The van der Waals surface area contributed by atoms with E-state index in [-0.39, 0.29) is 0 Å². The minimum absolute atomic E-state index is 0.811. The first-order valence-electron chi connectivity index (χ1n) is 6.62. The predicted molar refractivity (Wildman–Crippen MR) is 73.4 cm³/mol. The number of rotatable bonds is 4. The molecule has 1 aromatic carbocycles. The number of nitrogens with one attached hydrogen (secondary N) is 2. The number of nitrogens with zero attached hydrogens (tertiary/aromatic N) is 2. The van der Waals surface area contributed by atoms with Crippen molar-refractivity contribution in [2.45, 2.75) is 13.0 Å². The highest BCUT2D eigenvalue weighted by atomic mass is 15.1. The third kappa shape index (κ3) is 2.54. The van der Waals surface area contributed by atoms with Crippen LogP contribution in [-0.2, 0) is 6.54 Å². The molecule has 4 heteroatoms. The van der Waals surface area contributed by atoms with Gasteiger partial charge in [0.15, 0.2) is 0 Å². The van der Waals surface area contributed by atoms with Crippen molar-refractivity contribution in [3.05, 3.63) is 30.1 Å².